The number of ether oxygens (including phenoxy) is 6. The molecule has 1 aliphatic heterocycles. The summed E-state index contributed by atoms with van der Waals surface area (Å²) in [6, 6.07) is 0. The molecule has 5 atom stereocenters. The first-order chi connectivity index (χ1) is 12.1. The van der Waals surface area contributed by atoms with Gasteiger partial charge < -0.3 is 28.4 Å². The SMILES string of the molecule is CC(=O)OCC1OC(OC(C)=O)C(OC(C)=O)C(OC=O)C1OC(C)=O. The molecule has 1 saturated heterocycles. The second-order valence-corrected chi connectivity index (χ2v) is 5.30. The van der Waals surface area contributed by atoms with E-state index in [4.69, 9.17) is 28.4 Å². The first-order valence-corrected chi connectivity index (χ1v) is 7.55. The highest BCUT2D eigenvalue weighted by atomic mass is 16.7. The second-order valence-electron chi connectivity index (χ2n) is 5.30. The van der Waals surface area contributed by atoms with E-state index in [2.05, 4.69) is 0 Å². The van der Waals surface area contributed by atoms with Crippen molar-refractivity contribution in [2.45, 2.75) is 58.4 Å². The molecular weight excluding hydrogens is 356 g/mol. The van der Waals surface area contributed by atoms with Crippen LogP contribution in [0.25, 0.3) is 0 Å². The third-order valence-electron chi connectivity index (χ3n) is 3.14. The van der Waals surface area contributed by atoms with E-state index in [1.54, 1.807) is 0 Å². The molecule has 11 nitrogen and oxygen atoms in total. The van der Waals surface area contributed by atoms with Crippen LogP contribution in [0.5, 0.6) is 0 Å². The molecule has 146 valence electrons. The summed E-state index contributed by atoms with van der Waals surface area (Å²) in [5.41, 5.74) is 0. The average Bonchev–Trinajstić information content (AvgIpc) is 2.50. The largest absolute Gasteiger partial charge is 0.463 e. The van der Waals surface area contributed by atoms with E-state index in [0.717, 1.165) is 27.7 Å². The number of hydrogen-bond acceptors (Lipinski definition) is 11. The Hall–Kier alpha value is -2.69. The van der Waals surface area contributed by atoms with Gasteiger partial charge in [-0.25, -0.2) is 0 Å². The predicted molar refractivity (Wildman–Crippen MR) is 79.1 cm³/mol. The van der Waals surface area contributed by atoms with E-state index in [-0.39, 0.29) is 6.47 Å². The zero-order valence-corrected chi connectivity index (χ0v) is 14.7. The van der Waals surface area contributed by atoms with Crippen molar-refractivity contribution in [1.82, 2.24) is 0 Å². The molecule has 0 spiro atoms. The second kappa shape index (κ2) is 9.70. The summed E-state index contributed by atoms with van der Waals surface area (Å²) >= 11 is 0. The zero-order valence-electron chi connectivity index (χ0n) is 14.7. The Morgan fingerprint density at radius 1 is 0.808 bits per heavy atom. The van der Waals surface area contributed by atoms with Crippen molar-refractivity contribution < 1.29 is 52.4 Å². The monoisotopic (exact) mass is 376 g/mol. The van der Waals surface area contributed by atoms with E-state index in [1.807, 2.05) is 0 Å². The highest BCUT2D eigenvalue weighted by Gasteiger charge is 2.53. The Morgan fingerprint density at radius 2 is 1.35 bits per heavy atom. The molecule has 1 aliphatic rings. The molecule has 0 saturated carbocycles. The molecule has 0 amide bonds. The van der Waals surface area contributed by atoms with Crippen LogP contribution in [0, 0.1) is 0 Å². The average molecular weight is 376 g/mol. The lowest BCUT2D eigenvalue weighted by molar-refractivity contribution is -0.298. The minimum Gasteiger partial charge on any atom is -0.463 e. The Bertz CT molecular complexity index is 558. The highest BCUT2D eigenvalue weighted by molar-refractivity contribution is 5.68. The molecule has 0 bridgehead atoms. The molecule has 1 fully saturated rings. The van der Waals surface area contributed by atoms with Crippen LogP contribution in [0.4, 0.5) is 0 Å². The van der Waals surface area contributed by atoms with Crippen LogP contribution >= 0.6 is 0 Å². The summed E-state index contributed by atoms with van der Waals surface area (Å²) in [7, 11) is 0. The quantitative estimate of drug-likeness (QED) is 0.314. The molecule has 0 N–H and O–H groups in total. The Morgan fingerprint density at radius 3 is 1.81 bits per heavy atom. The van der Waals surface area contributed by atoms with Crippen molar-refractivity contribution in [3.05, 3.63) is 0 Å². The van der Waals surface area contributed by atoms with Gasteiger partial charge in [-0.05, 0) is 0 Å². The van der Waals surface area contributed by atoms with Gasteiger partial charge in [-0.2, -0.15) is 0 Å². The van der Waals surface area contributed by atoms with E-state index in [0.29, 0.717) is 0 Å². The van der Waals surface area contributed by atoms with Crippen LogP contribution in [0.2, 0.25) is 0 Å². The molecule has 0 aromatic heterocycles. The van der Waals surface area contributed by atoms with Crippen LogP contribution in [0.3, 0.4) is 0 Å². The molecule has 5 unspecified atom stereocenters. The molecule has 0 aromatic rings. The fourth-order valence-corrected chi connectivity index (χ4v) is 2.34. The molecule has 0 radical (unpaired) electrons. The first-order valence-electron chi connectivity index (χ1n) is 7.55. The maximum Gasteiger partial charge on any atom is 0.305 e. The van der Waals surface area contributed by atoms with E-state index >= 15 is 0 Å². The number of esters is 4. The lowest BCUT2D eigenvalue weighted by Crippen LogP contribution is -2.62. The number of carbonyl (C=O) groups is 5. The maximum atomic E-state index is 11.4. The van der Waals surface area contributed by atoms with Gasteiger partial charge in [-0.15, -0.1) is 0 Å². The van der Waals surface area contributed by atoms with Crippen molar-refractivity contribution in [3.8, 4) is 0 Å². The van der Waals surface area contributed by atoms with Crippen LogP contribution in [-0.2, 0) is 52.4 Å². The van der Waals surface area contributed by atoms with Crippen molar-refractivity contribution in [2.75, 3.05) is 6.61 Å². The van der Waals surface area contributed by atoms with Crippen molar-refractivity contribution in [2.24, 2.45) is 0 Å². The molecule has 11 heteroatoms. The normalized spacial score (nSPS) is 27.6. The molecule has 1 heterocycles. The van der Waals surface area contributed by atoms with Gasteiger partial charge in [-0.3, -0.25) is 24.0 Å². The summed E-state index contributed by atoms with van der Waals surface area (Å²) in [5.74, 6) is -2.95. The van der Waals surface area contributed by atoms with Gasteiger partial charge in [0.2, 0.25) is 12.4 Å². The molecule has 0 aliphatic carbocycles. The highest BCUT2D eigenvalue weighted by Crippen LogP contribution is 2.29. The van der Waals surface area contributed by atoms with E-state index in [9.17, 15) is 24.0 Å². The van der Waals surface area contributed by atoms with Crippen LogP contribution in [0.1, 0.15) is 27.7 Å². The summed E-state index contributed by atoms with van der Waals surface area (Å²) in [6.45, 7) is 4.07. The van der Waals surface area contributed by atoms with Gasteiger partial charge in [0.1, 0.15) is 12.7 Å². The Kier molecular flexibility index (Phi) is 7.97. The first kappa shape index (κ1) is 21.4. The smallest absolute Gasteiger partial charge is 0.305 e. The Labute approximate surface area is 148 Å². The van der Waals surface area contributed by atoms with Gasteiger partial charge in [0, 0.05) is 27.7 Å². The van der Waals surface area contributed by atoms with Gasteiger partial charge in [0.15, 0.2) is 12.2 Å². The predicted octanol–water partition coefficient (Wildman–Crippen LogP) is -0.757. The Balaban J connectivity index is 3.22. The lowest BCUT2D eigenvalue weighted by atomic mass is 9.98. The van der Waals surface area contributed by atoms with Crippen molar-refractivity contribution in [1.29, 1.82) is 0 Å². The van der Waals surface area contributed by atoms with Gasteiger partial charge >= 0.3 is 23.9 Å². The van der Waals surface area contributed by atoms with E-state index < -0.39 is 61.2 Å². The fraction of sp³-hybridized carbons (Fsp3) is 0.667. The van der Waals surface area contributed by atoms with Crippen LogP contribution in [0.15, 0.2) is 0 Å². The molecular formula is C15H20O11. The minimum atomic E-state index is -1.48. The molecule has 1 rings (SSSR count). The standard InChI is InChI=1S/C15H20O11/c1-7(17)21-5-11-12(23-8(2)18)13(22-6-16)14(24-9(3)19)15(26-11)25-10(4)20/h6,11-15H,5H2,1-4H3. The summed E-state index contributed by atoms with van der Waals surface area (Å²) < 4.78 is 30.3. The molecule has 0 aromatic carbocycles. The molecule has 26 heavy (non-hydrogen) atoms. The topological polar surface area (TPSA) is 141 Å². The van der Waals surface area contributed by atoms with Crippen molar-refractivity contribution >= 4 is 30.3 Å². The lowest BCUT2D eigenvalue weighted by Gasteiger charge is -2.43. The summed E-state index contributed by atoms with van der Waals surface area (Å²) in [4.78, 5) is 56.1. The fourth-order valence-electron chi connectivity index (χ4n) is 2.34. The summed E-state index contributed by atoms with van der Waals surface area (Å²) in [5, 5.41) is 0. The van der Waals surface area contributed by atoms with Gasteiger partial charge in [0.25, 0.3) is 6.47 Å². The van der Waals surface area contributed by atoms with Gasteiger partial charge in [0.05, 0.1) is 0 Å². The third kappa shape index (κ3) is 6.31. The third-order valence-corrected chi connectivity index (χ3v) is 3.14. The van der Waals surface area contributed by atoms with Crippen molar-refractivity contribution in [3.63, 3.8) is 0 Å². The van der Waals surface area contributed by atoms with Gasteiger partial charge in [-0.1, -0.05) is 0 Å². The number of hydrogen-bond donors (Lipinski definition) is 0. The number of rotatable bonds is 7. The van der Waals surface area contributed by atoms with Crippen LogP contribution < -0.4 is 0 Å². The number of carbonyl (C=O) groups excluding carboxylic acids is 5. The summed E-state index contributed by atoms with van der Waals surface area (Å²) in [6.07, 6.45) is -6.68. The minimum absolute atomic E-state index is 0.0523. The maximum absolute atomic E-state index is 11.4. The zero-order chi connectivity index (χ0) is 19.9. The van der Waals surface area contributed by atoms with Crippen LogP contribution in [-0.4, -0.2) is 67.7 Å². The van der Waals surface area contributed by atoms with E-state index in [1.165, 1.54) is 0 Å².